The van der Waals surface area contributed by atoms with Crippen molar-refractivity contribution in [2.75, 3.05) is 10.5 Å². The Morgan fingerprint density at radius 3 is 2.50 bits per heavy atom. The van der Waals surface area contributed by atoms with Gasteiger partial charge in [-0.05, 0) is 52.7 Å². The van der Waals surface area contributed by atoms with Gasteiger partial charge in [-0.1, -0.05) is 6.07 Å². The summed E-state index contributed by atoms with van der Waals surface area (Å²) in [5, 5.41) is 9.60. The fraction of sp³-hybridized carbons (Fsp3) is 0.0769. The molecule has 2 aromatic rings. The molecule has 106 valence electrons. The molecule has 0 radical (unpaired) electrons. The molecule has 2 rings (SSSR count). The van der Waals surface area contributed by atoms with E-state index >= 15 is 0 Å². The van der Waals surface area contributed by atoms with Crippen LogP contribution in [0, 0.1) is 6.92 Å². The van der Waals surface area contributed by atoms with Crippen LogP contribution in [-0.2, 0) is 10.0 Å². The minimum atomic E-state index is -3.75. The van der Waals surface area contributed by atoms with Crippen molar-refractivity contribution in [3.05, 3.63) is 46.4 Å². The standard InChI is InChI=1S/C13H13BrN2O3S/c1-8-2-4-10(7-12(8)17)16-20(18,19)13-5-3-9(15)6-11(13)14/h2-7,16-17H,15H2,1H3. The quantitative estimate of drug-likeness (QED) is 0.737. The molecular formula is C13H13BrN2O3S. The third-order valence-electron chi connectivity index (χ3n) is 2.71. The number of hydrogen-bond acceptors (Lipinski definition) is 4. The molecule has 0 aliphatic rings. The van der Waals surface area contributed by atoms with Crippen molar-refractivity contribution in [3.8, 4) is 5.75 Å². The molecule has 0 bridgehead atoms. The summed E-state index contributed by atoms with van der Waals surface area (Å²) in [4.78, 5) is 0.0757. The number of phenols is 1. The van der Waals surface area contributed by atoms with E-state index in [9.17, 15) is 13.5 Å². The van der Waals surface area contributed by atoms with E-state index in [-0.39, 0.29) is 16.3 Å². The lowest BCUT2D eigenvalue weighted by atomic mass is 10.2. The fourth-order valence-corrected chi connectivity index (χ4v) is 3.76. The average molecular weight is 357 g/mol. The molecule has 7 heteroatoms. The van der Waals surface area contributed by atoms with E-state index in [1.165, 1.54) is 24.3 Å². The lowest BCUT2D eigenvalue weighted by Crippen LogP contribution is -2.13. The largest absolute Gasteiger partial charge is 0.508 e. The molecule has 0 atom stereocenters. The summed E-state index contributed by atoms with van der Waals surface area (Å²) in [5.74, 6) is 0.0292. The predicted octanol–water partition coefficient (Wildman–Crippen LogP) is 2.85. The van der Waals surface area contributed by atoms with Crippen molar-refractivity contribution in [1.29, 1.82) is 0 Å². The summed E-state index contributed by atoms with van der Waals surface area (Å²) < 4.78 is 27.3. The highest BCUT2D eigenvalue weighted by Gasteiger charge is 2.18. The molecule has 4 N–H and O–H groups in total. The van der Waals surface area contributed by atoms with Crippen LogP contribution in [0.1, 0.15) is 5.56 Å². The number of nitrogens with one attached hydrogen (secondary N) is 1. The number of aromatic hydroxyl groups is 1. The third-order valence-corrected chi connectivity index (χ3v) is 5.06. The zero-order valence-electron chi connectivity index (χ0n) is 10.6. The fourth-order valence-electron chi connectivity index (χ4n) is 1.62. The third kappa shape index (κ3) is 3.05. The van der Waals surface area contributed by atoms with Crippen LogP contribution in [0.2, 0.25) is 0 Å². The van der Waals surface area contributed by atoms with E-state index in [2.05, 4.69) is 20.7 Å². The SMILES string of the molecule is Cc1ccc(NS(=O)(=O)c2ccc(N)cc2Br)cc1O. The number of aryl methyl sites for hydroxylation is 1. The minimum absolute atomic E-state index is 0.0292. The summed E-state index contributed by atoms with van der Waals surface area (Å²) in [6.07, 6.45) is 0. The number of nitrogen functional groups attached to an aromatic ring is 1. The Morgan fingerprint density at radius 2 is 1.90 bits per heavy atom. The summed E-state index contributed by atoms with van der Waals surface area (Å²) in [5.41, 5.74) is 7.00. The number of sulfonamides is 1. The van der Waals surface area contributed by atoms with Gasteiger partial charge in [0, 0.05) is 16.2 Å². The van der Waals surface area contributed by atoms with E-state index < -0.39 is 10.0 Å². The number of halogens is 1. The highest BCUT2D eigenvalue weighted by atomic mass is 79.9. The first-order chi connectivity index (χ1) is 9.29. The lowest BCUT2D eigenvalue weighted by Gasteiger charge is -2.11. The van der Waals surface area contributed by atoms with Gasteiger partial charge in [-0.2, -0.15) is 0 Å². The smallest absolute Gasteiger partial charge is 0.263 e. The minimum Gasteiger partial charge on any atom is -0.508 e. The van der Waals surface area contributed by atoms with Crippen LogP contribution >= 0.6 is 15.9 Å². The summed E-state index contributed by atoms with van der Waals surface area (Å²) in [7, 11) is -3.75. The molecule has 0 unspecified atom stereocenters. The van der Waals surface area contributed by atoms with E-state index in [1.54, 1.807) is 19.1 Å². The van der Waals surface area contributed by atoms with Gasteiger partial charge in [-0.15, -0.1) is 0 Å². The molecule has 0 aromatic heterocycles. The number of anilines is 2. The normalized spacial score (nSPS) is 11.3. The van der Waals surface area contributed by atoms with Crippen LogP contribution < -0.4 is 10.5 Å². The van der Waals surface area contributed by atoms with E-state index in [1.807, 2.05) is 0 Å². The molecule has 0 amide bonds. The van der Waals surface area contributed by atoms with Crippen molar-refractivity contribution < 1.29 is 13.5 Å². The van der Waals surface area contributed by atoms with Crippen molar-refractivity contribution >= 4 is 37.3 Å². The van der Waals surface area contributed by atoms with Crippen LogP contribution in [0.5, 0.6) is 5.75 Å². The highest BCUT2D eigenvalue weighted by Crippen LogP contribution is 2.27. The van der Waals surface area contributed by atoms with Gasteiger partial charge in [0.2, 0.25) is 0 Å². The van der Waals surface area contributed by atoms with Crippen LogP contribution in [0.25, 0.3) is 0 Å². The molecule has 0 aliphatic heterocycles. The van der Waals surface area contributed by atoms with Crippen LogP contribution in [-0.4, -0.2) is 13.5 Å². The summed E-state index contributed by atoms with van der Waals surface area (Å²) in [6.45, 7) is 1.73. The first kappa shape index (κ1) is 14.7. The van der Waals surface area contributed by atoms with Gasteiger partial charge in [0.25, 0.3) is 10.0 Å². The Balaban J connectivity index is 2.38. The van der Waals surface area contributed by atoms with Crippen molar-refractivity contribution in [3.63, 3.8) is 0 Å². The molecule has 0 spiro atoms. The van der Waals surface area contributed by atoms with Gasteiger partial charge in [0.05, 0.1) is 5.69 Å². The maximum absolute atomic E-state index is 12.3. The maximum atomic E-state index is 12.3. The van der Waals surface area contributed by atoms with Gasteiger partial charge < -0.3 is 10.8 Å². The summed E-state index contributed by atoms with van der Waals surface area (Å²) >= 11 is 3.17. The first-order valence-corrected chi connectivity index (χ1v) is 7.95. The molecule has 0 saturated carbocycles. The van der Waals surface area contributed by atoms with Crippen LogP contribution in [0.15, 0.2) is 45.8 Å². The molecule has 20 heavy (non-hydrogen) atoms. The van der Waals surface area contributed by atoms with Gasteiger partial charge in [-0.3, -0.25) is 4.72 Å². The number of rotatable bonds is 3. The number of hydrogen-bond donors (Lipinski definition) is 3. The van der Waals surface area contributed by atoms with Crippen molar-refractivity contribution in [2.24, 2.45) is 0 Å². The monoisotopic (exact) mass is 356 g/mol. The van der Waals surface area contributed by atoms with Crippen molar-refractivity contribution in [1.82, 2.24) is 0 Å². The molecule has 0 fully saturated rings. The molecule has 5 nitrogen and oxygen atoms in total. The van der Waals surface area contributed by atoms with Crippen molar-refractivity contribution in [2.45, 2.75) is 11.8 Å². The van der Waals surface area contributed by atoms with Gasteiger partial charge in [-0.25, -0.2) is 8.42 Å². The van der Waals surface area contributed by atoms with E-state index in [4.69, 9.17) is 5.73 Å². The zero-order chi connectivity index (χ0) is 14.9. The predicted molar refractivity (Wildman–Crippen MR) is 82.2 cm³/mol. The average Bonchev–Trinajstić information content (AvgIpc) is 2.33. The van der Waals surface area contributed by atoms with Gasteiger partial charge in [0.15, 0.2) is 0 Å². The molecule has 0 saturated heterocycles. The topological polar surface area (TPSA) is 92.4 Å². The molecule has 0 aliphatic carbocycles. The Kier molecular flexibility index (Phi) is 3.92. The van der Waals surface area contributed by atoms with E-state index in [0.717, 1.165) is 0 Å². The Labute approximate surface area is 125 Å². The van der Waals surface area contributed by atoms with E-state index in [0.29, 0.717) is 15.7 Å². The summed E-state index contributed by atoms with van der Waals surface area (Å²) in [6, 6.07) is 9.00. The zero-order valence-corrected chi connectivity index (χ0v) is 13.0. The number of nitrogens with two attached hydrogens (primary N) is 1. The number of phenolic OH excluding ortho intramolecular Hbond substituents is 1. The second-order valence-corrected chi connectivity index (χ2v) is 6.80. The van der Waals surface area contributed by atoms with Gasteiger partial charge >= 0.3 is 0 Å². The highest BCUT2D eigenvalue weighted by molar-refractivity contribution is 9.10. The Bertz CT molecular complexity index is 760. The first-order valence-electron chi connectivity index (χ1n) is 5.67. The second-order valence-electron chi connectivity index (χ2n) is 4.30. The second kappa shape index (κ2) is 5.34. The van der Waals surface area contributed by atoms with Crippen LogP contribution in [0.4, 0.5) is 11.4 Å². The molecule has 0 heterocycles. The Morgan fingerprint density at radius 1 is 1.20 bits per heavy atom. The van der Waals surface area contributed by atoms with Crippen LogP contribution in [0.3, 0.4) is 0 Å². The molecular weight excluding hydrogens is 344 g/mol. The maximum Gasteiger partial charge on any atom is 0.263 e. The van der Waals surface area contributed by atoms with Gasteiger partial charge in [0.1, 0.15) is 10.6 Å². The lowest BCUT2D eigenvalue weighted by molar-refractivity contribution is 0.471. The molecule has 2 aromatic carbocycles. The number of benzene rings is 2. The Hall–Kier alpha value is -1.73.